The first-order chi connectivity index (χ1) is 13.1. The predicted molar refractivity (Wildman–Crippen MR) is 101 cm³/mol. The second kappa shape index (κ2) is 7.90. The van der Waals surface area contributed by atoms with Crippen molar-refractivity contribution in [2.45, 2.75) is 6.92 Å². The van der Waals surface area contributed by atoms with E-state index in [1.54, 1.807) is 43.5 Å². The van der Waals surface area contributed by atoms with E-state index in [1.165, 1.54) is 4.57 Å². The monoisotopic (exact) mass is 370 g/mol. The van der Waals surface area contributed by atoms with E-state index in [9.17, 15) is 9.59 Å². The maximum atomic E-state index is 12.4. The van der Waals surface area contributed by atoms with E-state index >= 15 is 0 Å². The number of hydrogen-bond donors (Lipinski definition) is 1. The Kier molecular flexibility index (Phi) is 5.39. The standard InChI is InChI=1S/C18H22N6O3/c1-4-22(3)18(26)13-9-15-17(20-11-13)24(7-8-27-15)14-5-6-23(12-25)16(10-14)21-19-2/h5-6,9-12,19H,4,7-8H2,1-3H3/b21-16-. The minimum Gasteiger partial charge on any atom is -0.488 e. The van der Waals surface area contributed by atoms with E-state index < -0.39 is 0 Å². The molecular weight excluding hydrogens is 348 g/mol. The summed E-state index contributed by atoms with van der Waals surface area (Å²) < 4.78 is 7.10. The normalized spacial score (nSPS) is 13.6. The summed E-state index contributed by atoms with van der Waals surface area (Å²) in [5.41, 5.74) is 4.46. The van der Waals surface area contributed by atoms with Crippen molar-refractivity contribution in [3.8, 4) is 5.75 Å². The number of ether oxygens (including phenoxy) is 1. The lowest BCUT2D eigenvalue weighted by Gasteiger charge is -2.30. The van der Waals surface area contributed by atoms with Gasteiger partial charge in [-0.15, -0.1) is 0 Å². The minimum absolute atomic E-state index is 0.102. The van der Waals surface area contributed by atoms with Gasteiger partial charge in [0.05, 0.1) is 12.1 Å². The second-order valence-electron chi connectivity index (χ2n) is 5.96. The third-order valence-electron chi connectivity index (χ3n) is 4.33. The molecule has 0 unspecified atom stereocenters. The Hall–Kier alpha value is -3.36. The molecule has 0 aliphatic carbocycles. The fraction of sp³-hybridized carbons (Fsp3) is 0.333. The van der Waals surface area contributed by atoms with Gasteiger partial charge in [-0.05, 0) is 19.1 Å². The van der Waals surface area contributed by atoms with Crippen molar-refractivity contribution in [3.63, 3.8) is 0 Å². The van der Waals surface area contributed by atoms with Gasteiger partial charge in [0.2, 0.25) is 6.41 Å². The zero-order chi connectivity index (χ0) is 19.4. The Morgan fingerprint density at radius 1 is 1.48 bits per heavy atom. The molecular formula is C18H22N6O3. The minimum atomic E-state index is -0.102. The highest BCUT2D eigenvalue weighted by Crippen LogP contribution is 2.34. The van der Waals surface area contributed by atoms with Crippen molar-refractivity contribution in [2.24, 2.45) is 5.10 Å². The van der Waals surface area contributed by atoms with Crippen molar-refractivity contribution in [1.29, 1.82) is 0 Å². The Labute approximate surface area is 156 Å². The van der Waals surface area contributed by atoms with Crippen molar-refractivity contribution in [2.75, 3.05) is 38.7 Å². The number of hydrogen-bond acceptors (Lipinski definition) is 7. The lowest BCUT2D eigenvalue weighted by molar-refractivity contribution is 0.0801. The van der Waals surface area contributed by atoms with Crippen LogP contribution < -0.4 is 20.6 Å². The van der Waals surface area contributed by atoms with Crippen molar-refractivity contribution < 1.29 is 14.3 Å². The summed E-state index contributed by atoms with van der Waals surface area (Å²) in [5.74, 6) is 1.07. The van der Waals surface area contributed by atoms with Crippen LogP contribution in [0.4, 0.5) is 11.5 Å². The third kappa shape index (κ3) is 3.62. The fourth-order valence-electron chi connectivity index (χ4n) is 2.78. The topological polar surface area (TPSA) is 92.1 Å². The molecule has 1 aliphatic rings. The molecule has 2 aromatic heterocycles. The summed E-state index contributed by atoms with van der Waals surface area (Å²) in [5, 5.41) is 4.11. The maximum Gasteiger partial charge on any atom is 0.255 e. The van der Waals surface area contributed by atoms with Gasteiger partial charge >= 0.3 is 0 Å². The van der Waals surface area contributed by atoms with Crippen molar-refractivity contribution in [3.05, 3.63) is 41.6 Å². The number of fused-ring (bicyclic) bond motifs is 1. The number of carbonyl (C=O) groups is 2. The number of nitrogens with zero attached hydrogens (tertiary/aromatic N) is 5. The van der Waals surface area contributed by atoms with E-state index in [4.69, 9.17) is 4.74 Å². The molecule has 0 fully saturated rings. The molecule has 0 radical (unpaired) electrons. The largest absolute Gasteiger partial charge is 0.488 e. The van der Waals surface area contributed by atoms with Crippen LogP contribution in [-0.4, -0.2) is 60.6 Å². The zero-order valence-electron chi connectivity index (χ0n) is 15.5. The van der Waals surface area contributed by atoms with Crippen LogP contribution in [0.1, 0.15) is 17.3 Å². The van der Waals surface area contributed by atoms with Crippen LogP contribution in [-0.2, 0) is 4.79 Å². The van der Waals surface area contributed by atoms with Gasteiger partial charge in [0.1, 0.15) is 6.61 Å². The maximum absolute atomic E-state index is 12.4. The molecule has 0 atom stereocenters. The average Bonchev–Trinajstić information content (AvgIpc) is 2.72. The van der Waals surface area contributed by atoms with Crippen molar-refractivity contribution in [1.82, 2.24) is 19.9 Å². The smallest absolute Gasteiger partial charge is 0.255 e. The van der Waals surface area contributed by atoms with Crippen LogP contribution in [0.15, 0.2) is 35.7 Å². The lowest BCUT2D eigenvalue weighted by Crippen LogP contribution is -2.32. The SMILES string of the molecule is CCN(C)C(=O)c1cnc2c(c1)OCCN2c1ccn(C=O)/c(=N\NC)c1. The molecule has 1 amide bonds. The zero-order valence-corrected chi connectivity index (χ0v) is 15.5. The molecule has 0 spiro atoms. The molecule has 3 heterocycles. The van der Waals surface area contributed by atoms with E-state index in [2.05, 4.69) is 15.5 Å². The Bertz CT molecular complexity index is 924. The highest BCUT2D eigenvalue weighted by molar-refractivity contribution is 5.94. The molecule has 0 aromatic carbocycles. The van der Waals surface area contributed by atoms with Crippen LogP contribution >= 0.6 is 0 Å². The summed E-state index contributed by atoms with van der Waals surface area (Å²) in [7, 11) is 3.41. The van der Waals surface area contributed by atoms with Gasteiger partial charge in [-0.1, -0.05) is 0 Å². The van der Waals surface area contributed by atoms with E-state index in [-0.39, 0.29) is 5.91 Å². The highest BCUT2D eigenvalue weighted by Gasteiger charge is 2.23. The van der Waals surface area contributed by atoms with E-state index in [0.29, 0.717) is 48.7 Å². The Morgan fingerprint density at radius 2 is 2.30 bits per heavy atom. The van der Waals surface area contributed by atoms with E-state index in [1.807, 2.05) is 17.9 Å². The number of anilines is 2. The van der Waals surface area contributed by atoms with Gasteiger partial charge in [-0.25, -0.2) is 4.98 Å². The molecule has 3 rings (SSSR count). The lowest BCUT2D eigenvalue weighted by atomic mass is 10.2. The third-order valence-corrected chi connectivity index (χ3v) is 4.33. The van der Waals surface area contributed by atoms with Crippen LogP contribution in [0.3, 0.4) is 0 Å². The van der Waals surface area contributed by atoms with Gasteiger partial charge < -0.3 is 20.0 Å². The van der Waals surface area contributed by atoms with Crippen LogP contribution in [0.25, 0.3) is 0 Å². The molecule has 0 bridgehead atoms. The summed E-state index contributed by atoms with van der Waals surface area (Å²) >= 11 is 0. The Morgan fingerprint density at radius 3 is 3.00 bits per heavy atom. The summed E-state index contributed by atoms with van der Waals surface area (Å²) in [6, 6.07) is 5.31. The molecule has 9 heteroatoms. The van der Waals surface area contributed by atoms with Gasteiger partial charge in [0.15, 0.2) is 17.1 Å². The van der Waals surface area contributed by atoms with Gasteiger partial charge in [0, 0.05) is 44.8 Å². The first-order valence-electron chi connectivity index (χ1n) is 8.62. The second-order valence-corrected chi connectivity index (χ2v) is 5.96. The molecule has 9 nitrogen and oxygen atoms in total. The van der Waals surface area contributed by atoms with Crippen LogP contribution in [0.5, 0.6) is 5.75 Å². The molecule has 0 saturated carbocycles. The van der Waals surface area contributed by atoms with E-state index in [0.717, 1.165) is 5.69 Å². The summed E-state index contributed by atoms with van der Waals surface area (Å²) in [4.78, 5) is 31.6. The number of aromatic nitrogens is 2. The molecule has 0 saturated heterocycles. The van der Waals surface area contributed by atoms with Crippen molar-refractivity contribution >= 4 is 23.8 Å². The van der Waals surface area contributed by atoms with Crippen LogP contribution in [0, 0.1) is 0 Å². The molecule has 2 aromatic rings. The first kappa shape index (κ1) is 18.4. The molecule has 1 N–H and O–H groups in total. The molecule has 142 valence electrons. The number of pyridine rings is 2. The van der Waals surface area contributed by atoms with Gasteiger partial charge in [-0.3, -0.25) is 14.2 Å². The predicted octanol–water partition coefficient (Wildman–Crippen LogP) is 0.579. The fourth-order valence-corrected chi connectivity index (χ4v) is 2.78. The number of rotatable bonds is 5. The quantitative estimate of drug-likeness (QED) is 0.611. The molecule has 27 heavy (non-hydrogen) atoms. The van der Waals surface area contributed by atoms with Crippen LogP contribution in [0.2, 0.25) is 0 Å². The van der Waals surface area contributed by atoms with Gasteiger partial charge in [0.25, 0.3) is 5.91 Å². The Balaban J connectivity index is 2.00. The van der Waals surface area contributed by atoms with Gasteiger partial charge in [-0.2, -0.15) is 5.10 Å². The number of carbonyl (C=O) groups excluding carboxylic acids is 2. The summed E-state index contributed by atoms with van der Waals surface area (Å²) in [6.45, 7) is 3.57. The number of nitrogens with one attached hydrogen (secondary N) is 1. The highest BCUT2D eigenvalue weighted by atomic mass is 16.5. The molecule has 1 aliphatic heterocycles. The average molecular weight is 370 g/mol. The first-order valence-corrected chi connectivity index (χ1v) is 8.62. The number of amides is 1. The summed E-state index contributed by atoms with van der Waals surface area (Å²) in [6.07, 6.45) is 3.89.